The van der Waals surface area contributed by atoms with Gasteiger partial charge in [0.15, 0.2) is 6.29 Å². The van der Waals surface area contributed by atoms with Gasteiger partial charge in [-0.2, -0.15) is 0 Å². The molecule has 0 saturated carbocycles. The highest BCUT2D eigenvalue weighted by Gasteiger charge is 2.11. The average molecular weight is 407 g/mol. The van der Waals surface area contributed by atoms with Crippen LogP contribution in [0.15, 0.2) is 35.3 Å². The monoisotopic (exact) mass is 406 g/mol. The molecule has 10 heteroatoms. The zero-order valence-corrected chi connectivity index (χ0v) is 16.9. The summed E-state index contributed by atoms with van der Waals surface area (Å²) in [5, 5.41) is 8.73. The maximum absolute atomic E-state index is 12.4. The maximum Gasteiger partial charge on any atom is 0.326 e. The van der Waals surface area contributed by atoms with Gasteiger partial charge in [-0.25, -0.2) is 19.8 Å². The highest BCUT2D eigenvalue weighted by Crippen LogP contribution is 2.14. The normalized spacial score (nSPS) is 11.4. The minimum atomic E-state index is -0.560. The lowest BCUT2D eigenvalue weighted by Gasteiger charge is -2.14. The fourth-order valence-corrected chi connectivity index (χ4v) is 2.44. The van der Waals surface area contributed by atoms with Gasteiger partial charge in [0.05, 0.1) is 6.54 Å². The molecule has 0 aliphatic heterocycles. The van der Waals surface area contributed by atoms with Gasteiger partial charge in [-0.05, 0) is 38.1 Å². The highest BCUT2D eigenvalue weighted by atomic mass is 35.5. The number of rotatable bonds is 6. The minimum Gasteiger partial charge on any atom is -0.354 e. The molecule has 0 unspecified atom stereocenters. The van der Waals surface area contributed by atoms with Gasteiger partial charge in [-0.1, -0.05) is 17.7 Å². The molecule has 1 aromatic heterocycles. The molecule has 0 aliphatic carbocycles. The van der Waals surface area contributed by atoms with E-state index >= 15 is 0 Å². The second-order valence-corrected chi connectivity index (χ2v) is 6.22. The zero-order chi connectivity index (χ0) is 20.5. The molecular weight excluding hydrogens is 384 g/mol. The van der Waals surface area contributed by atoms with Crippen LogP contribution in [-0.2, 0) is 9.47 Å². The summed E-state index contributed by atoms with van der Waals surface area (Å²) < 4.78 is 10.2. The number of carbonyl (C=O) groups excluding carboxylic acids is 1. The summed E-state index contributed by atoms with van der Waals surface area (Å²) in [5.41, 5.74) is 2.10. The standard InChI is InChI=1S/C18H23ClN6O3/c1-11-8-12(2)22-17(21-11)24-16(20-10-15(27-3)28-4)25-18(26)23-14-7-5-6-13(19)9-14/h5-9,15H,10H2,1-4H3,(H3,20,21,22,23,24,25,26). The number of guanidine groups is 1. The first kappa shape index (κ1) is 21.5. The van der Waals surface area contributed by atoms with Crippen LogP contribution in [0, 0.1) is 13.8 Å². The molecular formula is C18H23ClN6O3. The van der Waals surface area contributed by atoms with E-state index in [0.717, 1.165) is 11.4 Å². The number of aryl methyl sites for hydroxylation is 2. The molecule has 0 atom stereocenters. The van der Waals surface area contributed by atoms with Crippen molar-refractivity contribution in [3.8, 4) is 0 Å². The number of nitrogens with one attached hydrogen (secondary N) is 3. The fraction of sp³-hybridized carbons (Fsp3) is 0.333. The number of urea groups is 1. The number of carbonyl (C=O) groups is 1. The highest BCUT2D eigenvalue weighted by molar-refractivity contribution is 6.30. The van der Waals surface area contributed by atoms with E-state index < -0.39 is 12.3 Å². The van der Waals surface area contributed by atoms with Crippen molar-refractivity contribution < 1.29 is 14.3 Å². The number of methoxy groups -OCH3 is 2. The number of aliphatic imine (C=N–C) groups is 1. The molecule has 0 radical (unpaired) electrons. The molecule has 28 heavy (non-hydrogen) atoms. The van der Waals surface area contributed by atoms with Crippen molar-refractivity contribution in [3.63, 3.8) is 0 Å². The minimum absolute atomic E-state index is 0.142. The predicted molar refractivity (Wildman–Crippen MR) is 109 cm³/mol. The van der Waals surface area contributed by atoms with Gasteiger partial charge in [0.2, 0.25) is 11.9 Å². The summed E-state index contributed by atoms with van der Waals surface area (Å²) in [6.45, 7) is 3.85. The van der Waals surface area contributed by atoms with E-state index in [0.29, 0.717) is 16.7 Å². The van der Waals surface area contributed by atoms with E-state index in [1.165, 1.54) is 14.2 Å². The molecule has 9 nitrogen and oxygen atoms in total. The van der Waals surface area contributed by atoms with Crippen LogP contribution in [-0.4, -0.2) is 49.0 Å². The Morgan fingerprint density at radius 3 is 2.43 bits per heavy atom. The third-order valence-corrected chi connectivity index (χ3v) is 3.69. The van der Waals surface area contributed by atoms with Crippen molar-refractivity contribution >= 4 is 35.2 Å². The van der Waals surface area contributed by atoms with Crippen LogP contribution in [0.2, 0.25) is 5.02 Å². The molecule has 0 aliphatic rings. The molecule has 3 N–H and O–H groups in total. The Kier molecular flexibility index (Phi) is 8.12. The molecule has 2 rings (SSSR count). The molecule has 2 aromatic rings. The molecule has 0 spiro atoms. The number of halogens is 1. The summed E-state index contributed by atoms with van der Waals surface area (Å²) in [7, 11) is 3.01. The van der Waals surface area contributed by atoms with Gasteiger partial charge < -0.3 is 14.8 Å². The lowest BCUT2D eigenvalue weighted by Crippen LogP contribution is -2.40. The summed E-state index contributed by atoms with van der Waals surface area (Å²) >= 11 is 5.94. The van der Waals surface area contributed by atoms with Crippen LogP contribution in [0.1, 0.15) is 11.4 Å². The van der Waals surface area contributed by atoms with Crippen molar-refractivity contribution in [2.45, 2.75) is 20.1 Å². The molecule has 1 heterocycles. The average Bonchev–Trinajstić information content (AvgIpc) is 2.61. The second kappa shape index (κ2) is 10.5. The van der Waals surface area contributed by atoms with E-state index in [-0.39, 0.29) is 12.5 Å². The topological polar surface area (TPSA) is 110 Å². The van der Waals surface area contributed by atoms with Gasteiger partial charge in [-0.15, -0.1) is 0 Å². The fourth-order valence-electron chi connectivity index (χ4n) is 2.25. The van der Waals surface area contributed by atoms with Crippen molar-refractivity contribution in [3.05, 3.63) is 46.7 Å². The van der Waals surface area contributed by atoms with E-state index in [1.54, 1.807) is 24.3 Å². The van der Waals surface area contributed by atoms with Crippen molar-refractivity contribution in [1.82, 2.24) is 15.3 Å². The van der Waals surface area contributed by atoms with Crippen LogP contribution in [0.5, 0.6) is 0 Å². The van der Waals surface area contributed by atoms with Crippen LogP contribution in [0.25, 0.3) is 0 Å². The number of nitrogens with zero attached hydrogens (tertiary/aromatic N) is 3. The lowest BCUT2D eigenvalue weighted by atomic mass is 10.3. The number of hydrogen-bond donors (Lipinski definition) is 3. The summed E-state index contributed by atoms with van der Waals surface area (Å²) in [5.74, 6) is 0.453. The molecule has 150 valence electrons. The van der Waals surface area contributed by atoms with Crippen molar-refractivity contribution in [2.75, 3.05) is 31.4 Å². The van der Waals surface area contributed by atoms with Crippen LogP contribution in [0.4, 0.5) is 16.4 Å². The van der Waals surface area contributed by atoms with Crippen LogP contribution in [0.3, 0.4) is 0 Å². The summed E-state index contributed by atoms with van der Waals surface area (Å²) in [6.07, 6.45) is -0.560. The smallest absolute Gasteiger partial charge is 0.326 e. The third-order valence-electron chi connectivity index (χ3n) is 3.45. The molecule has 0 bridgehead atoms. The van der Waals surface area contributed by atoms with Crippen LogP contribution >= 0.6 is 11.6 Å². The Morgan fingerprint density at radius 2 is 1.82 bits per heavy atom. The SMILES string of the molecule is COC(CN=C(NC(=O)Nc1cccc(Cl)c1)Nc1nc(C)cc(C)n1)OC. The lowest BCUT2D eigenvalue weighted by molar-refractivity contribution is -0.0937. The maximum atomic E-state index is 12.4. The number of hydrogen-bond acceptors (Lipinski definition) is 6. The zero-order valence-electron chi connectivity index (χ0n) is 16.1. The first-order valence-corrected chi connectivity index (χ1v) is 8.80. The van der Waals surface area contributed by atoms with E-state index in [4.69, 9.17) is 21.1 Å². The van der Waals surface area contributed by atoms with Gasteiger partial charge >= 0.3 is 6.03 Å². The van der Waals surface area contributed by atoms with Gasteiger partial charge in [0, 0.05) is 36.3 Å². The largest absolute Gasteiger partial charge is 0.354 e. The first-order chi connectivity index (χ1) is 13.4. The molecule has 0 fully saturated rings. The van der Waals surface area contributed by atoms with E-state index in [1.807, 2.05) is 19.9 Å². The Morgan fingerprint density at radius 1 is 1.14 bits per heavy atom. The number of amides is 2. The van der Waals surface area contributed by atoms with Gasteiger partial charge in [-0.3, -0.25) is 10.6 Å². The predicted octanol–water partition coefficient (Wildman–Crippen LogP) is 2.96. The van der Waals surface area contributed by atoms with Crippen molar-refractivity contribution in [2.24, 2.45) is 4.99 Å². The second-order valence-electron chi connectivity index (χ2n) is 5.78. The molecule has 0 saturated heterocycles. The quantitative estimate of drug-likeness (QED) is 0.386. The Balaban J connectivity index is 2.14. The first-order valence-electron chi connectivity index (χ1n) is 8.42. The number of ether oxygens (including phenoxy) is 2. The molecule has 1 aromatic carbocycles. The third kappa shape index (κ3) is 7.10. The van der Waals surface area contributed by atoms with Gasteiger partial charge in [0.1, 0.15) is 0 Å². The molecule has 2 amide bonds. The summed E-state index contributed by atoms with van der Waals surface area (Å²) in [6, 6.07) is 8.12. The van der Waals surface area contributed by atoms with Crippen molar-refractivity contribution in [1.29, 1.82) is 0 Å². The summed E-state index contributed by atoms with van der Waals surface area (Å²) in [4.78, 5) is 25.2. The Labute approximate surface area is 168 Å². The van der Waals surface area contributed by atoms with Crippen LogP contribution < -0.4 is 16.0 Å². The van der Waals surface area contributed by atoms with E-state index in [2.05, 4.69) is 30.9 Å². The van der Waals surface area contributed by atoms with Gasteiger partial charge in [0.25, 0.3) is 0 Å². The number of anilines is 2. The number of aromatic nitrogens is 2. The number of benzene rings is 1. The Bertz CT molecular complexity index is 822. The Hall–Kier alpha value is -2.75. The van der Waals surface area contributed by atoms with E-state index in [9.17, 15) is 4.79 Å².